The van der Waals surface area contributed by atoms with Gasteiger partial charge in [0.1, 0.15) is 30.8 Å². The molecule has 1 atom stereocenters. The Bertz CT molecular complexity index is 367. The Hall–Kier alpha value is -1.30. The van der Waals surface area contributed by atoms with E-state index in [1.807, 2.05) is 45.0 Å². The second-order valence-electron chi connectivity index (χ2n) is 5.04. The predicted molar refractivity (Wildman–Crippen MR) is 83.1 cm³/mol. The van der Waals surface area contributed by atoms with E-state index in [4.69, 9.17) is 14.2 Å². The molecule has 5 heteroatoms. The number of nitrogens with one attached hydrogen (secondary N) is 1. The van der Waals surface area contributed by atoms with Gasteiger partial charge in [-0.3, -0.25) is 0 Å². The zero-order valence-electron chi connectivity index (χ0n) is 13.2. The Morgan fingerprint density at radius 1 is 1.05 bits per heavy atom. The number of aliphatic hydroxyl groups is 1. The molecule has 0 radical (unpaired) electrons. The Labute approximate surface area is 127 Å². The van der Waals surface area contributed by atoms with Crippen molar-refractivity contribution >= 4 is 0 Å². The van der Waals surface area contributed by atoms with Crippen LogP contribution < -0.4 is 14.8 Å². The van der Waals surface area contributed by atoms with Crippen LogP contribution in [0.5, 0.6) is 11.5 Å². The van der Waals surface area contributed by atoms with E-state index in [0.29, 0.717) is 32.4 Å². The van der Waals surface area contributed by atoms with Gasteiger partial charge in [-0.25, -0.2) is 0 Å². The first kappa shape index (κ1) is 17.8. The molecule has 1 rings (SSSR count). The molecule has 0 aliphatic heterocycles. The third-order valence-electron chi connectivity index (χ3n) is 2.73. The van der Waals surface area contributed by atoms with Crippen molar-refractivity contribution in [2.24, 2.45) is 0 Å². The molecule has 0 heterocycles. The fourth-order valence-corrected chi connectivity index (χ4v) is 1.62. The smallest absolute Gasteiger partial charge is 0.119 e. The predicted octanol–water partition coefficient (Wildman–Crippen LogP) is 1.84. The summed E-state index contributed by atoms with van der Waals surface area (Å²) in [4.78, 5) is 0. The van der Waals surface area contributed by atoms with Gasteiger partial charge in [0.15, 0.2) is 0 Å². The van der Waals surface area contributed by atoms with Gasteiger partial charge in [0.25, 0.3) is 0 Å². The molecule has 1 unspecified atom stereocenters. The molecular weight excluding hydrogens is 270 g/mol. The van der Waals surface area contributed by atoms with E-state index in [1.165, 1.54) is 0 Å². The highest BCUT2D eigenvalue weighted by molar-refractivity contribution is 5.31. The van der Waals surface area contributed by atoms with Gasteiger partial charge in [-0.1, -0.05) is 13.8 Å². The minimum absolute atomic E-state index is 0.268. The topological polar surface area (TPSA) is 60.0 Å². The van der Waals surface area contributed by atoms with Gasteiger partial charge in [-0.15, -0.1) is 0 Å². The molecule has 0 aromatic heterocycles. The van der Waals surface area contributed by atoms with Gasteiger partial charge in [0.05, 0.1) is 6.61 Å². The lowest BCUT2D eigenvalue weighted by atomic mass is 10.3. The number of aliphatic hydroxyl groups excluding tert-OH is 1. The number of hydrogen-bond donors (Lipinski definition) is 2. The van der Waals surface area contributed by atoms with Gasteiger partial charge in [-0.2, -0.15) is 0 Å². The third-order valence-corrected chi connectivity index (χ3v) is 2.73. The maximum absolute atomic E-state index is 9.75. The number of rotatable bonds is 11. The largest absolute Gasteiger partial charge is 0.491 e. The monoisotopic (exact) mass is 297 g/mol. The van der Waals surface area contributed by atoms with Crippen LogP contribution in [0.4, 0.5) is 0 Å². The third kappa shape index (κ3) is 8.55. The standard InChI is InChI=1S/C16H27NO4/c1-4-19-9-10-20-15-5-7-16(8-6-15)21-12-14(18)11-17-13(2)3/h5-8,13-14,17-18H,4,9-12H2,1-3H3. The fraction of sp³-hybridized carbons (Fsp3) is 0.625. The summed E-state index contributed by atoms with van der Waals surface area (Å²) < 4.78 is 16.2. The van der Waals surface area contributed by atoms with Crippen LogP contribution in [0.3, 0.4) is 0 Å². The van der Waals surface area contributed by atoms with Gasteiger partial charge in [-0.05, 0) is 31.2 Å². The van der Waals surface area contributed by atoms with E-state index >= 15 is 0 Å². The van der Waals surface area contributed by atoms with Crippen molar-refractivity contribution in [1.82, 2.24) is 5.32 Å². The average Bonchev–Trinajstić information content (AvgIpc) is 2.48. The van der Waals surface area contributed by atoms with Crippen molar-refractivity contribution in [3.63, 3.8) is 0 Å². The summed E-state index contributed by atoms with van der Waals surface area (Å²) in [7, 11) is 0. The molecule has 0 aliphatic rings. The van der Waals surface area contributed by atoms with Crippen molar-refractivity contribution in [2.45, 2.75) is 32.9 Å². The first-order valence-electron chi connectivity index (χ1n) is 7.46. The molecule has 1 aromatic rings. The second kappa shape index (κ2) is 10.4. The summed E-state index contributed by atoms with van der Waals surface area (Å²) in [6, 6.07) is 7.71. The van der Waals surface area contributed by atoms with E-state index in [-0.39, 0.29) is 6.61 Å². The quantitative estimate of drug-likeness (QED) is 0.610. The van der Waals surface area contributed by atoms with Crippen LogP contribution >= 0.6 is 0 Å². The highest BCUT2D eigenvalue weighted by Gasteiger charge is 2.06. The van der Waals surface area contributed by atoms with Crippen molar-refractivity contribution in [3.05, 3.63) is 24.3 Å². The summed E-state index contributed by atoms with van der Waals surface area (Å²) in [5.41, 5.74) is 0. The van der Waals surface area contributed by atoms with Crippen molar-refractivity contribution in [3.8, 4) is 11.5 Å². The van der Waals surface area contributed by atoms with E-state index in [1.54, 1.807) is 0 Å². The SMILES string of the molecule is CCOCCOc1ccc(OCC(O)CNC(C)C)cc1. The molecule has 0 spiro atoms. The molecular formula is C16H27NO4. The van der Waals surface area contributed by atoms with Crippen molar-refractivity contribution in [1.29, 1.82) is 0 Å². The summed E-state index contributed by atoms with van der Waals surface area (Å²) in [6.45, 7) is 8.65. The lowest BCUT2D eigenvalue weighted by molar-refractivity contribution is 0.104. The first-order valence-corrected chi connectivity index (χ1v) is 7.46. The van der Waals surface area contributed by atoms with Crippen molar-refractivity contribution in [2.75, 3.05) is 33.0 Å². The van der Waals surface area contributed by atoms with E-state index in [9.17, 15) is 5.11 Å². The fourth-order valence-electron chi connectivity index (χ4n) is 1.62. The molecule has 21 heavy (non-hydrogen) atoms. The minimum atomic E-state index is -0.519. The zero-order valence-corrected chi connectivity index (χ0v) is 13.2. The molecule has 0 amide bonds. The maximum Gasteiger partial charge on any atom is 0.119 e. The Kier molecular flexibility index (Phi) is 8.82. The van der Waals surface area contributed by atoms with Crippen LogP contribution in [0.15, 0.2) is 24.3 Å². The summed E-state index contributed by atoms with van der Waals surface area (Å²) in [6.07, 6.45) is -0.519. The first-order chi connectivity index (χ1) is 10.1. The Morgan fingerprint density at radius 2 is 1.67 bits per heavy atom. The lowest BCUT2D eigenvalue weighted by Crippen LogP contribution is -2.35. The summed E-state index contributed by atoms with van der Waals surface area (Å²) in [5, 5.41) is 12.9. The summed E-state index contributed by atoms with van der Waals surface area (Å²) >= 11 is 0. The minimum Gasteiger partial charge on any atom is -0.491 e. The second-order valence-corrected chi connectivity index (χ2v) is 5.04. The van der Waals surface area contributed by atoms with Crippen LogP contribution in [-0.2, 0) is 4.74 Å². The van der Waals surface area contributed by atoms with Crippen LogP contribution in [0, 0.1) is 0 Å². The lowest BCUT2D eigenvalue weighted by Gasteiger charge is -2.15. The average molecular weight is 297 g/mol. The van der Waals surface area contributed by atoms with Gasteiger partial charge < -0.3 is 24.6 Å². The van der Waals surface area contributed by atoms with E-state index in [0.717, 1.165) is 11.5 Å². The molecule has 0 fully saturated rings. The van der Waals surface area contributed by atoms with Crippen LogP contribution in [0.25, 0.3) is 0 Å². The number of ether oxygens (including phenoxy) is 3. The van der Waals surface area contributed by atoms with Crippen molar-refractivity contribution < 1.29 is 19.3 Å². The molecule has 0 saturated heterocycles. The van der Waals surface area contributed by atoms with Gasteiger partial charge in [0, 0.05) is 19.2 Å². The molecule has 120 valence electrons. The Balaban J connectivity index is 2.24. The molecule has 2 N–H and O–H groups in total. The number of benzene rings is 1. The molecule has 0 saturated carbocycles. The normalized spacial score (nSPS) is 12.4. The van der Waals surface area contributed by atoms with Crippen LogP contribution in [0.2, 0.25) is 0 Å². The molecule has 1 aromatic carbocycles. The highest BCUT2D eigenvalue weighted by atomic mass is 16.5. The number of hydrogen-bond acceptors (Lipinski definition) is 5. The van der Waals surface area contributed by atoms with E-state index < -0.39 is 6.10 Å². The molecule has 5 nitrogen and oxygen atoms in total. The zero-order chi connectivity index (χ0) is 15.5. The van der Waals surface area contributed by atoms with Gasteiger partial charge in [0.2, 0.25) is 0 Å². The van der Waals surface area contributed by atoms with E-state index in [2.05, 4.69) is 5.32 Å². The van der Waals surface area contributed by atoms with Crippen LogP contribution in [-0.4, -0.2) is 50.2 Å². The summed E-state index contributed by atoms with van der Waals surface area (Å²) in [5.74, 6) is 1.50. The van der Waals surface area contributed by atoms with Crippen LogP contribution in [0.1, 0.15) is 20.8 Å². The highest BCUT2D eigenvalue weighted by Crippen LogP contribution is 2.17. The Morgan fingerprint density at radius 3 is 2.24 bits per heavy atom. The van der Waals surface area contributed by atoms with Gasteiger partial charge >= 0.3 is 0 Å². The molecule has 0 bridgehead atoms. The maximum atomic E-state index is 9.75. The molecule has 0 aliphatic carbocycles.